The summed E-state index contributed by atoms with van der Waals surface area (Å²) in [5.74, 6) is 2.23. The predicted octanol–water partition coefficient (Wildman–Crippen LogP) is 5.34. The van der Waals surface area contributed by atoms with Gasteiger partial charge in [0.15, 0.2) is 0 Å². The average Bonchev–Trinajstić information content (AvgIpc) is 3.18. The van der Waals surface area contributed by atoms with Crippen LogP contribution < -0.4 is 10.1 Å². The molecule has 5 heteroatoms. The fourth-order valence-electron chi connectivity index (χ4n) is 2.66. The van der Waals surface area contributed by atoms with Crippen molar-refractivity contribution in [2.75, 3.05) is 7.11 Å². The Labute approximate surface area is 141 Å². The van der Waals surface area contributed by atoms with Crippen molar-refractivity contribution >= 4 is 42.8 Å². The van der Waals surface area contributed by atoms with Crippen LogP contribution in [0.1, 0.15) is 43.9 Å². The molecule has 1 N–H and O–H groups in total. The first-order chi connectivity index (χ1) is 10.0. The van der Waals surface area contributed by atoms with Gasteiger partial charge in [-0.1, -0.05) is 13.8 Å². The molecule has 3 rings (SSSR count). The Morgan fingerprint density at radius 1 is 1.38 bits per heavy atom. The molecule has 114 valence electrons. The quantitative estimate of drug-likeness (QED) is 0.713. The van der Waals surface area contributed by atoms with Crippen molar-refractivity contribution < 1.29 is 9.15 Å². The highest BCUT2D eigenvalue weighted by Crippen LogP contribution is 2.44. The smallest absolute Gasteiger partial charge is 0.150 e. The summed E-state index contributed by atoms with van der Waals surface area (Å²) in [6, 6.07) is 2.61. The number of hydrogen-bond donors (Lipinski definition) is 1. The molecule has 0 unspecified atom stereocenters. The Kier molecular flexibility index (Phi) is 4.35. The van der Waals surface area contributed by atoms with Gasteiger partial charge in [-0.3, -0.25) is 0 Å². The lowest BCUT2D eigenvalue weighted by Crippen LogP contribution is -2.16. The monoisotopic (exact) mass is 415 g/mol. The van der Waals surface area contributed by atoms with Crippen LogP contribution in [0.5, 0.6) is 5.75 Å². The number of rotatable bonds is 5. The summed E-state index contributed by atoms with van der Waals surface area (Å²) in [7, 11) is 1.68. The van der Waals surface area contributed by atoms with Gasteiger partial charge >= 0.3 is 0 Å². The minimum absolute atomic E-state index is 0.387. The molecule has 1 aromatic carbocycles. The zero-order valence-corrected chi connectivity index (χ0v) is 15.6. The molecule has 1 fully saturated rings. The molecule has 0 atom stereocenters. The largest absolute Gasteiger partial charge is 0.496 e. The molecule has 0 radical (unpaired) electrons. The summed E-state index contributed by atoms with van der Waals surface area (Å²) >= 11 is 7.27. The van der Waals surface area contributed by atoms with Gasteiger partial charge < -0.3 is 14.5 Å². The van der Waals surface area contributed by atoms with Gasteiger partial charge in [0.1, 0.15) is 17.1 Å². The van der Waals surface area contributed by atoms with Gasteiger partial charge in [0.05, 0.1) is 22.6 Å². The number of halogens is 2. The summed E-state index contributed by atoms with van der Waals surface area (Å²) in [5, 5.41) is 4.66. The zero-order valence-electron chi connectivity index (χ0n) is 12.4. The number of nitrogens with one attached hydrogen (secondary N) is 1. The number of fused-ring (bicyclic) bond motifs is 1. The van der Waals surface area contributed by atoms with E-state index in [0.717, 1.165) is 38.0 Å². The zero-order chi connectivity index (χ0) is 15.1. The van der Waals surface area contributed by atoms with Gasteiger partial charge in [0.25, 0.3) is 0 Å². The summed E-state index contributed by atoms with van der Waals surface area (Å²) < 4.78 is 13.5. The third-order valence-electron chi connectivity index (χ3n) is 3.86. The van der Waals surface area contributed by atoms with Gasteiger partial charge in [0, 0.05) is 17.0 Å². The predicted molar refractivity (Wildman–Crippen MR) is 92.1 cm³/mol. The van der Waals surface area contributed by atoms with E-state index in [-0.39, 0.29) is 0 Å². The summed E-state index contributed by atoms with van der Waals surface area (Å²) in [4.78, 5) is 0. The Morgan fingerprint density at radius 2 is 2.10 bits per heavy atom. The molecule has 0 aliphatic heterocycles. The molecule has 1 aromatic heterocycles. The standard InChI is InChI=1S/C16H19Br2NO2/c1-8(2)13-12(7-19-9-4-5-9)21-16-10(17)6-11(20-3)15(18)14(13)16/h6,8-9,19H,4-5,7H2,1-3H3. The average molecular weight is 417 g/mol. The van der Waals surface area contributed by atoms with Gasteiger partial charge in [-0.25, -0.2) is 0 Å². The lowest BCUT2D eigenvalue weighted by Gasteiger charge is -2.10. The second kappa shape index (κ2) is 5.94. The Morgan fingerprint density at radius 3 is 2.67 bits per heavy atom. The Hall–Kier alpha value is -0.520. The van der Waals surface area contributed by atoms with Crippen LogP contribution in [0.4, 0.5) is 0 Å². The molecule has 0 amide bonds. The molecule has 1 aliphatic rings. The molecule has 0 bridgehead atoms. The molecule has 1 heterocycles. The highest BCUT2D eigenvalue weighted by Gasteiger charge is 2.25. The van der Waals surface area contributed by atoms with Crippen LogP contribution in [0.15, 0.2) is 19.4 Å². The van der Waals surface area contributed by atoms with E-state index >= 15 is 0 Å². The first-order valence-corrected chi connectivity index (χ1v) is 8.82. The highest BCUT2D eigenvalue weighted by atomic mass is 79.9. The number of benzene rings is 1. The van der Waals surface area contributed by atoms with Crippen LogP contribution in [0.2, 0.25) is 0 Å². The Bertz CT molecular complexity index is 675. The van der Waals surface area contributed by atoms with Crippen molar-refractivity contribution in [3.8, 4) is 5.75 Å². The van der Waals surface area contributed by atoms with Crippen molar-refractivity contribution in [2.24, 2.45) is 0 Å². The maximum Gasteiger partial charge on any atom is 0.150 e. The fraction of sp³-hybridized carbons (Fsp3) is 0.500. The van der Waals surface area contributed by atoms with Crippen molar-refractivity contribution in [2.45, 2.75) is 45.2 Å². The minimum Gasteiger partial charge on any atom is -0.496 e. The van der Waals surface area contributed by atoms with E-state index in [0.29, 0.717) is 12.0 Å². The summed E-state index contributed by atoms with van der Waals surface area (Å²) in [6.45, 7) is 5.18. The number of methoxy groups -OCH3 is 1. The molecule has 1 saturated carbocycles. The third kappa shape index (κ3) is 2.88. The van der Waals surface area contributed by atoms with Crippen molar-refractivity contribution in [1.82, 2.24) is 5.32 Å². The molecule has 1 aliphatic carbocycles. The van der Waals surface area contributed by atoms with Crippen molar-refractivity contribution in [3.05, 3.63) is 26.3 Å². The van der Waals surface area contributed by atoms with E-state index in [1.54, 1.807) is 7.11 Å². The van der Waals surface area contributed by atoms with Crippen LogP contribution in [-0.2, 0) is 6.54 Å². The van der Waals surface area contributed by atoms with E-state index in [2.05, 4.69) is 51.0 Å². The molecular weight excluding hydrogens is 398 g/mol. The first-order valence-electron chi connectivity index (χ1n) is 7.23. The van der Waals surface area contributed by atoms with E-state index in [9.17, 15) is 0 Å². The first kappa shape index (κ1) is 15.4. The van der Waals surface area contributed by atoms with Crippen molar-refractivity contribution in [3.63, 3.8) is 0 Å². The van der Waals surface area contributed by atoms with Crippen LogP contribution >= 0.6 is 31.9 Å². The summed E-state index contributed by atoms with van der Waals surface area (Å²) in [6.07, 6.45) is 2.55. The van der Waals surface area contributed by atoms with E-state index in [1.807, 2.05) is 6.07 Å². The fourth-order valence-corrected chi connectivity index (χ4v) is 3.82. The van der Waals surface area contributed by atoms with Crippen LogP contribution in [0, 0.1) is 0 Å². The molecule has 3 nitrogen and oxygen atoms in total. The van der Waals surface area contributed by atoms with Gasteiger partial charge in [-0.15, -0.1) is 0 Å². The number of ether oxygens (including phenoxy) is 1. The maximum atomic E-state index is 6.15. The number of furan rings is 1. The lowest BCUT2D eigenvalue weighted by molar-refractivity contribution is 0.412. The van der Waals surface area contributed by atoms with Crippen LogP contribution in [0.3, 0.4) is 0 Å². The van der Waals surface area contributed by atoms with Crippen molar-refractivity contribution in [1.29, 1.82) is 0 Å². The lowest BCUT2D eigenvalue weighted by atomic mass is 9.99. The van der Waals surface area contributed by atoms with E-state index in [1.165, 1.54) is 18.4 Å². The Balaban J connectivity index is 2.16. The SMILES string of the molecule is COc1cc(Br)c2oc(CNC3CC3)c(C(C)C)c2c1Br. The van der Waals surface area contributed by atoms with E-state index < -0.39 is 0 Å². The molecule has 21 heavy (non-hydrogen) atoms. The second-order valence-corrected chi connectivity index (χ2v) is 7.47. The summed E-state index contributed by atoms with van der Waals surface area (Å²) in [5.41, 5.74) is 2.14. The van der Waals surface area contributed by atoms with Gasteiger partial charge in [-0.05, 0) is 56.7 Å². The third-order valence-corrected chi connectivity index (χ3v) is 5.23. The van der Waals surface area contributed by atoms with Gasteiger partial charge in [-0.2, -0.15) is 0 Å². The van der Waals surface area contributed by atoms with E-state index in [4.69, 9.17) is 9.15 Å². The maximum absolute atomic E-state index is 6.15. The topological polar surface area (TPSA) is 34.4 Å². The van der Waals surface area contributed by atoms with Crippen LogP contribution in [0.25, 0.3) is 11.0 Å². The molecule has 0 saturated heterocycles. The number of hydrogen-bond acceptors (Lipinski definition) is 3. The second-order valence-electron chi connectivity index (χ2n) is 5.83. The minimum atomic E-state index is 0.387. The molecule has 0 spiro atoms. The molecular formula is C16H19Br2NO2. The molecule has 2 aromatic rings. The normalized spacial score (nSPS) is 15.1. The van der Waals surface area contributed by atoms with Gasteiger partial charge in [0.2, 0.25) is 0 Å². The highest BCUT2D eigenvalue weighted by molar-refractivity contribution is 9.11. The van der Waals surface area contributed by atoms with Crippen LogP contribution in [-0.4, -0.2) is 13.2 Å².